The Morgan fingerprint density at radius 3 is 2.70 bits per heavy atom. The largest absolute Gasteiger partial charge is 0.442 e. The molecule has 9 nitrogen and oxygen atoms in total. The fourth-order valence-electron chi connectivity index (χ4n) is 2.77. The van der Waals surface area contributed by atoms with Gasteiger partial charge in [0.05, 0.1) is 23.4 Å². The van der Waals surface area contributed by atoms with Crippen LogP contribution >= 0.6 is 11.6 Å². The van der Waals surface area contributed by atoms with Crippen LogP contribution in [0.3, 0.4) is 0 Å². The summed E-state index contributed by atoms with van der Waals surface area (Å²) >= 11 is 5.93. The van der Waals surface area contributed by atoms with Crippen LogP contribution in [-0.2, 0) is 24.1 Å². The lowest BCUT2D eigenvalue weighted by Gasteiger charge is -2.05. The predicted octanol–water partition coefficient (Wildman–Crippen LogP) is 3.66. The Balaban J connectivity index is 1.71. The van der Waals surface area contributed by atoms with Gasteiger partial charge in [-0.15, -0.1) is 0 Å². The molecule has 0 radical (unpaired) electrons. The molecule has 1 aromatic carbocycles. The maximum atomic E-state index is 13.0. The van der Waals surface area contributed by atoms with E-state index in [0.29, 0.717) is 21.9 Å². The summed E-state index contributed by atoms with van der Waals surface area (Å²) in [5.74, 6) is -0.716. The number of carbonyl (C=O) groups is 1. The predicted molar refractivity (Wildman–Crippen MR) is 100 cm³/mol. The van der Waals surface area contributed by atoms with E-state index in [0.717, 1.165) is 12.5 Å². The molecule has 0 spiro atoms. The molecule has 1 N–H and O–H groups in total. The number of nitrogens with one attached hydrogen (secondary N) is 1. The molecule has 1 amide bonds. The van der Waals surface area contributed by atoms with Crippen molar-refractivity contribution in [3.8, 4) is 0 Å². The van der Waals surface area contributed by atoms with Crippen LogP contribution in [0.5, 0.6) is 0 Å². The van der Waals surface area contributed by atoms with Crippen molar-refractivity contribution in [3.05, 3.63) is 68.7 Å². The van der Waals surface area contributed by atoms with Crippen molar-refractivity contribution in [3.63, 3.8) is 0 Å². The third-order valence-electron chi connectivity index (χ3n) is 4.07. The molecule has 0 fully saturated rings. The van der Waals surface area contributed by atoms with Crippen LogP contribution in [0, 0.1) is 17.0 Å². The number of nitro groups is 1. The highest BCUT2D eigenvalue weighted by Crippen LogP contribution is 2.36. The smallest absolute Gasteiger partial charge is 0.322 e. The summed E-state index contributed by atoms with van der Waals surface area (Å²) < 4.78 is 41.2. The number of aromatic nitrogens is 4. The maximum Gasteiger partial charge on any atom is 0.442 e. The summed E-state index contributed by atoms with van der Waals surface area (Å²) in [6.45, 7) is 0.842. The van der Waals surface area contributed by atoms with Crippen molar-refractivity contribution >= 4 is 28.9 Å². The molecule has 0 bridgehead atoms. The van der Waals surface area contributed by atoms with E-state index in [1.165, 1.54) is 17.1 Å². The van der Waals surface area contributed by atoms with Crippen LogP contribution in [0.4, 0.5) is 24.5 Å². The summed E-state index contributed by atoms with van der Waals surface area (Å²) in [4.78, 5) is 22.0. The van der Waals surface area contributed by atoms with E-state index in [9.17, 15) is 28.1 Å². The highest BCUT2D eigenvalue weighted by atomic mass is 35.5. The van der Waals surface area contributed by atoms with Crippen molar-refractivity contribution in [2.75, 3.05) is 5.32 Å². The minimum absolute atomic E-state index is 0.303. The van der Waals surface area contributed by atoms with E-state index < -0.39 is 34.9 Å². The van der Waals surface area contributed by atoms with E-state index >= 15 is 0 Å². The molecule has 2 aromatic heterocycles. The number of rotatable bonds is 6. The van der Waals surface area contributed by atoms with Crippen LogP contribution in [0.15, 0.2) is 36.7 Å². The van der Waals surface area contributed by atoms with Crippen LogP contribution in [0.1, 0.15) is 17.0 Å². The molecule has 0 unspecified atom stereocenters. The zero-order valence-electron chi connectivity index (χ0n) is 15.4. The molecular formula is C17H14ClF3N6O3. The molecular weight excluding hydrogens is 429 g/mol. The second-order valence-corrected chi connectivity index (χ2v) is 6.74. The van der Waals surface area contributed by atoms with E-state index in [1.54, 1.807) is 18.2 Å². The molecule has 0 saturated carbocycles. The fourth-order valence-corrected chi connectivity index (χ4v) is 2.99. The first kappa shape index (κ1) is 21.3. The number of hydrogen-bond donors (Lipinski definition) is 1. The molecule has 30 heavy (non-hydrogen) atoms. The molecule has 0 saturated heterocycles. The number of nitrogens with zero attached hydrogens (tertiary/aromatic N) is 5. The second-order valence-electron chi connectivity index (χ2n) is 6.30. The van der Waals surface area contributed by atoms with Gasteiger partial charge in [0.15, 0.2) is 0 Å². The normalized spacial score (nSPS) is 11.5. The first-order valence-corrected chi connectivity index (χ1v) is 8.78. The monoisotopic (exact) mass is 442 g/mol. The van der Waals surface area contributed by atoms with Gasteiger partial charge < -0.3 is 5.32 Å². The van der Waals surface area contributed by atoms with Gasteiger partial charge in [-0.2, -0.15) is 23.4 Å². The molecule has 2 heterocycles. The first-order valence-electron chi connectivity index (χ1n) is 8.40. The number of carbonyl (C=O) groups excluding carboxylic acids is 1. The SMILES string of the molecule is Cc1c([N+](=O)[O-])c(C(F)(F)F)nn1CC(=O)Nc1cnn(Cc2cccc(Cl)c2)c1. The van der Waals surface area contributed by atoms with Crippen molar-refractivity contribution in [2.24, 2.45) is 0 Å². The van der Waals surface area contributed by atoms with Crippen LogP contribution in [0.25, 0.3) is 0 Å². The first-order chi connectivity index (χ1) is 14.0. The number of amides is 1. The van der Waals surface area contributed by atoms with Gasteiger partial charge in [-0.3, -0.25) is 24.3 Å². The third kappa shape index (κ3) is 4.76. The van der Waals surface area contributed by atoms with Gasteiger partial charge in [0.2, 0.25) is 11.6 Å². The Kier molecular flexibility index (Phi) is 5.78. The Hall–Kier alpha value is -3.41. The van der Waals surface area contributed by atoms with E-state index in [1.807, 2.05) is 6.07 Å². The third-order valence-corrected chi connectivity index (χ3v) is 4.31. The maximum absolute atomic E-state index is 13.0. The molecule has 0 aliphatic heterocycles. The fraction of sp³-hybridized carbons (Fsp3) is 0.235. The van der Waals surface area contributed by atoms with Gasteiger partial charge in [-0.05, 0) is 24.6 Å². The lowest BCUT2D eigenvalue weighted by atomic mass is 10.2. The Morgan fingerprint density at radius 2 is 2.10 bits per heavy atom. The van der Waals surface area contributed by atoms with Gasteiger partial charge in [-0.25, -0.2) is 0 Å². The molecule has 0 atom stereocenters. The van der Waals surface area contributed by atoms with Crippen molar-refractivity contribution < 1.29 is 22.9 Å². The van der Waals surface area contributed by atoms with Gasteiger partial charge in [0, 0.05) is 11.2 Å². The highest BCUT2D eigenvalue weighted by Gasteiger charge is 2.44. The number of alkyl halides is 3. The average molecular weight is 443 g/mol. The number of hydrogen-bond acceptors (Lipinski definition) is 5. The Bertz CT molecular complexity index is 1110. The summed E-state index contributed by atoms with van der Waals surface area (Å²) in [6, 6.07) is 7.11. The average Bonchev–Trinajstić information content (AvgIpc) is 3.19. The summed E-state index contributed by atoms with van der Waals surface area (Å²) in [5.41, 5.74) is -2.02. The van der Waals surface area contributed by atoms with Crippen molar-refractivity contribution in [1.82, 2.24) is 19.6 Å². The number of anilines is 1. The van der Waals surface area contributed by atoms with E-state index in [2.05, 4.69) is 15.5 Å². The topological polar surface area (TPSA) is 108 Å². The Morgan fingerprint density at radius 1 is 1.37 bits per heavy atom. The minimum Gasteiger partial charge on any atom is -0.322 e. The van der Waals surface area contributed by atoms with Crippen LogP contribution in [0.2, 0.25) is 5.02 Å². The summed E-state index contributed by atoms with van der Waals surface area (Å²) in [6.07, 6.45) is -2.13. The van der Waals surface area contributed by atoms with Gasteiger partial charge in [0.1, 0.15) is 12.2 Å². The zero-order valence-corrected chi connectivity index (χ0v) is 16.1. The molecule has 0 aliphatic carbocycles. The van der Waals surface area contributed by atoms with Crippen molar-refractivity contribution in [2.45, 2.75) is 26.2 Å². The minimum atomic E-state index is -5.02. The van der Waals surface area contributed by atoms with Gasteiger partial charge >= 0.3 is 11.9 Å². The molecule has 3 rings (SSSR count). The highest BCUT2D eigenvalue weighted by molar-refractivity contribution is 6.30. The summed E-state index contributed by atoms with van der Waals surface area (Å²) in [5, 5.41) is 21.3. The zero-order chi connectivity index (χ0) is 22.1. The number of halogens is 4. The molecule has 13 heteroatoms. The van der Waals surface area contributed by atoms with E-state index in [4.69, 9.17) is 11.6 Å². The second kappa shape index (κ2) is 8.14. The molecule has 158 valence electrons. The standard InChI is InChI=1S/C17H14ClF3N6O3/c1-10-15(27(29)30)16(17(19,20)21)24-26(10)9-14(28)23-13-6-22-25(8-13)7-11-3-2-4-12(18)5-11/h2-6,8H,7,9H2,1H3,(H,23,28). The lowest BCUT2D eigenvalue weighted by Crippen LogP contribution is -2.20. The quantitative estimate of drug-likeness (QED) is 0.463. The van der Waals surface area contributed by atoms with Crippen molar-refractivity contribution in [1.29, 1.82) is 0 Å². The Labute approximate surface area is 172 Å². The van der Waals surface area contributed by atoms with Crippen LogP contribution in [-0.4, -0.2) is 30.4 Å². The van der Waals surface area contributed by atoms with Gasteiger partial charge in [-0.1, -0.05) is 23.7 Å². The lowest BCUT2D eigenvalue weighted by molar-refractivity contribution is -0.388. The van der Waals surface area contributed by atoms with Crippen LogP contribution < -0.4 is 5.32 Å². The van der Waals surface area contributed by atoms with E-state index in [-0.39, 0.29) is 5.69 Å². The molecule has 0 aliphatic rings. The van der Waals surface area contributed by atoms with Gasteiger partial charge in [0.25, 0.3) is 0 Å². The number of benzene rings is 1. The summed E-state index contributed by atoms with van der Waals surface area (Å²) in [7, 11) is 0. The molecule has 3 aromatic rings.